The van der Waals surface area contributed by atoms with E-state index in [9.17, 15) is 9.59 Å². The average Bonchev–Trinajstić information content (AvgIpc) is 2.41. The van der Waals surface area contributed by atoms with Crippen molar-refractivity contribution >= 4 is 12.0 Å². The number of rotatable bonds is 5. The van der Waals surface area contributed by atoms with E-state index in [1.807, 2.05) is 18.7 Å². The Bertz CT molecular complexity index is 298. The number of piperazine rings is 1. The first-order chi connectivity index (χ1) is 9.12. The van der Waals surface area contributed by atoms with E-state index in [0.29, 0.717) is 26.2 Å². The number of carbonyl (C=O) groups excluding carboxylic acids is 2. The summed E-state index contributed by atoms with van der Waals surface area (Å²) in [4.78, 5) is 29.1. The van der Waals surface area contributed by atoms with E-state index in [-0.39, 0.29) is 12.0 Å². The van der Waals surface area contributed by atoms with Crippen LogP contribution in [0.5, 0.6) is 0 Å². The van der Waals surface area contributed by atoms with Gasteiger partial charge in [-0.3, -0.25) is 9.69 Å². The second-order valence-electron chi connectivity index (χ2n) is 4.53. The summed E-state index contributed by atoms with van der Waals surface area (Å²) in [5.41, 5.74) is 0. The standard InChI is InChI=1S/C13H25N3O3/c1-4-15(5-2)12(17)11-14-7-9-16(10-8-14)13(18)19-6-3/h4-11H2,1-3H3. The SMILES string of the molecule is CCOC(=O)N1CCN(CC(=O)N(CC)CC)CC1. The molecule has 19 heavy (non-hydrogen) atoms. The molecule has 1 aliphatic rings. The highest BCUT2D eigenvalue weighted by Crippen LogP contribution is 2.04. The lowest BCUT2D eigenvalue weighted by Gasteiger charge is -2.34. The minimum Gasteiger partial charge on any atom is -0.450 e. The lowest BCUT2D eigenvalue weighted by molar-refractivity contribution is -0.132. The summed E-state index contributed by atoms with van der Waals surface area (Å²) in [6.07, 6.45) is -0.253. The molecule has 0 aromatic carbocycles. The number of likely N-dealkylation sites (N-methyl/N-ethyl adjacent to an activating group) is 1. The van der Waals surface area contributed by atoms with Gasteiger partial charge in [0.15, 0.2) is 0 Å². The third kappa shape index (κ3) is 4.70. The van der Waals surface area contributed by atoms with Gasteiger partial charge in [-0.05, 0) is 20.8 Å². The Balaban J connectivity index is 2.34. The Labute approximate surface area is 115 Å². The van der Waals surface area contributed by atoms with Crippen molar-refractivity contribution in [2.24, 2.45) is 0 Å². The maximum Gasteiger partial charge on any atom is 0.409 e. The summed E-state index contributed by atoms with van der Waals surface area (Å²) < 4.78 is 4.96. The van der Waals surface area contributed by atoms with E-state index in [4.69, 9.17) is 4.74 Å². The summed E-state index contributed by atoms with van der Waals surface area (Å²) >= 11 is 0. The van der Waals surface area contributed by atoms with Crippen molar-refractivity contribution in [2.75, 3.05) is 52.4 Å². The molecule has 0 aliphatic carbocycles. The summed E-state index contributed by atoms with van der Waals surface area (Å²) in [5.74, 6) is 0.162. The molecule has 0 aromatic rings. The van der Waals surface area contributed by atoms with Gasteiger partial charge < -0.3 is 14.5 Å². The Hall–Kier alpha value is -1.30. The zero-order chi connectivity index (χ0) is 14.3. The molecule has 0 saturated carbocycles. The number of amides is 2. The van der Waals surface area contributed by atoms with Crippen LogP contribution in [0.4, 0.5) is 4.79 Å². The minimum atomic E-state index is -0.253. The monoisotopic (exact) mass is 271 g/mol. The van der Waals surface area contributed by atoms with Crippen molar-refractivity contribution in [1.29, 1.82) is 0 Å². The van der Waals surface area contributed by atoms with Gasteiger partial charge in [0.25, 0.3) is 0 Å². The molecular weight excluding hydrogens is 246 g/mol. The number of ether oxygens (including phenoxy) is 1. The highest BCUT2D eigenvalue weighted by Gasteiger charge is 2.23. The fraction of sp³-hybridized carbons (Fsp3) is 0.846. The molecular formula is C13H25N3O3. The molecule has 6 nitrogen and oxygen atoms in total. The van der Waals surface area contributed by atoms with Crippen molar-refractivity contribution in [3.05, 3.63) is 0 Å². The number of nitrogens with zero attached hydrogens (tertiary/aromatic N) is 3. The lowest BCUT2D eigenvalue weighted by Crippen LogP contribution is -2.51. The van der Waals surface area contributed by atoms with Gasteiger partial charge in [0.1, 0.15) is 0 Å². The van der Waals surface area contributed by atoms with Crippen molar-refractivity contribution in [1.82, 2.24) is 14.7 Å². The van der Waals surface area contributed by atoms with Gasteiger partial charge >= 0.3 is 6.09 Å². The molecule has 0 N–H and O–H groups in total. The van der Waals surface area contributed by atoms with E-state index in [1.165, 1.54) is 0 Å². The topological polar surface area (TPSA) is 53.1 Å². The van der Waals surface area contributed by atoms with Crippen LogP contribution >= 0.6 is 0 Å². The second kappa shape index (κ2) is 7.99. The number of hydrogen-bond acceptors (Lipinski definition) is 4. The van der Waals surface area contributed by atoms with E-state index < -0.39 is 0 Å². The molecule has 0 atom stereocenters. The third-order valence-electron chi connectivity index (χ3n) is 3.37. The minimum absolute atomic E-state index is 0.162. The first-order valence-electron chi connectivity index (χ1n) is 7.04. The van der Waals surface area contributed by atoms with E-state index in [1.54, 1.807) is 11.8 Å². The fourth-order valence-corrected chi connectivity index (χ4v) is 2.17. The Morgan fingerprint density at radius 3 is 2.11 bits per heavy atom. The Morgan fingerprint density at radius 1 is 1.05 bits per heavy atom. The predicted molar refractivity (Wildman–Crippen MR) is 73.0 cm³/mol. The van der Waals surface area contributed by atoms with Gasteiger partial charge in [0, 0.05) is 39.3 Å². The smallest absolute Gasteiger partial charge is 0.409 e. The van der Waals surface area contributed by atoms with Crippen molar-refractivity contribution in [3.63, 3.8) is 0 Å². The first kappa shape index (κ1) is 15.8. The van der Waals surface area contributed by atoms with Crippen LogP contribution in [-0.2, 0) is 9.53 Å². The normalized spacial score (nSPS) is 16.3. The largest absolute Gasteiger partial charge is 0.450 e. The van der Waals surface area contributed by atoms with Gasteiger partial charge in [-0.1, -0.05) is 0 Å². The molecule has 0 aromatic heterocycles. The van der Waals surface area contributed by atoms with Crippen molar-refractivity contribution in [2.45, 2.75) is 20.8 Å². The van der Waals surface area contributed by atoms with Gasteiger partial charge in [0.2, 0.25) is 5.91 Å². The molecule has 0 radical (unpaired) electrons. The van der Waals surface area contributed by atoms with Crippen molar-refractivity contribution in [3.8, 4) is 0 Å². The lowest BCUT2D eigenvalue weighted by atomic mass is 10.3. The highest BCUT2D eigenvalue weighted by atomic mass is 16.6. The van der Waals surface area contributed by atoms with E-state index in [0.717, 1.165) is 26.2 Å². The molecule has 0 unspecified atom stereocenters. The van der Waals surface area contributed by atoms with Crippen LogP contribution < -0.4 is 0 Å². The van der Waals surface area contributed by atoms with Crippen LogP contribution in [0.1, 0.15) is 20.8 Å². The molecule has 1 fully saturated rings. The molecule has 0 bridgehead atoms. The maximum atomic E-state index is 12.0. The molecule has 1 aliphatic heterocycles. The molecule has 2 amide bonds. The predicted octanol–water partition coefficient (Wildman–Crippen LogP) is 0.629. The molecule has 6 heteroatoms. The summed E-state index contributed by atoms with van der Waals surface area (Å²) in [7, 11) is 0. The van der Waals surface area contributed by atoms with Crippen LogP contribution in [0.3, 0.4) is 0 Å². The van der Waals surface area contributed by atoms with Crippen LogP contribution in [0.15, 0.2) is 0 Å². The van der Waals surface area contributed by atoms with Crippen LogP contribution in [0.25, 0.3) is 0 Å². The number of carbonyl (C=O) groups is 2. The third-order valence-corrected chi connectivity index (χ3v) is 3.37. The fourth-order valence-electron chi connectivity index (χ4n) is 2.17. The van der Waals surface area contributed by atoms with Gasteiger partial charge in [-0.15, -0.1) is 0 Å². The Morgan fingerprint density at radius 2 is 1.63 bits per heavy atom. The Kier molecular flexibility index (Phi) is 6.62. The first-order valence-corrected chi connectivity index (χ1v) is 7.04. The molecule has 1 saturated heterocycles. The van der Waals surface area contributed by atoms with E-state index in [2.05, 4.69) is 4.90 Å². The second-order valence-corrected chi connectivity index (χ2v) is 4.53. The van der Waals surface area contributed by atoms with Crippen LogP contribution in [-0.4, -0.2) is 79.1 Å². The summed E-state index contributed by atoms with van der Waals surface area (Å²) in [5, 5.41) is 0. The molecule has 1 heterocycles. The summed E-state index contributed by atoms with van der Waals surface area (Å²) in [6, 6.07) is 0. The zero-order valence-electron chi connectivity index (χ0n) is 12.2. The van der Waals surface area contributed by atoms with Crippen molar-refractivity contribution < 1.29 is 14.3 Å². The summed E-state index contributed by atoms with van der Waals surface area (Å²) in [6.45, 7) is 10.8. The maximum absolute atomic E-state index is 12.0. The van der Waals surface area contributed by atoms with Crippen LogP contribution in [0, 0.1) is 0 Å². The zero-order valence-corrected chi connectivity index (χ0v) is 12.2. The molecule has 110 valence electrons. The van der Waals surface area contributed by atoms with Gasteiger partial charge in [-0.25, -0.2) is 4.79 Å². The average molecular weight is 271 g/mol. The van der Waals surface area contributed by atoms with Gasteiger partial charge in [0.05, 0.1) is 13.2 Å². The quantitative estimate of drug-likeness (QED) is 0.736. The molecule has 1 rings (SSSR count). The number of hydrogen-bond donors (Lipinski definition) is 0. The highest BCUT2D eigenvalue weighted by molar-refractivity contribution is 5.78. The van der Waals surface area contributed by atoms with E-state index >= 15 is 0 Å². The van der Waals surface area contributed by atoms with Gasteiger partial charge in [-0.2, -0.15) is 0 Å². The van der Waals surface area contributed by atoms with Crippen LogP contribution in [0.2, 0.25) is 0 Å². The molecule has 0 spiro atoms.